The number of hydrogen-bond acceptors (Lipinski definition) is 6. The summed E-state index contributed by atoms with van der Waals surface area (Å²) in [6.45, 7) is 2.04. The molecule has 0 fully saturated rings. The van der Waals surface area contributed by atoms with Crippen LogP contribution in [0.5, 0.6) is 0 Å². The fourth-order valence-corrected chi connectivity index (χ4v) is 3.36. The van der Waals surface area contributed by atoms with E-state index in [1.54, 1.807) is 6.92 Å². The Labute approximate surface area is 169 Å². The quantitative estimate of drug-likeness (QED) is 0.578. The monoisotopic (exact) mass is 424 g/mol. The molecule has 2 heterocycles. The smallest absolute Gasteiger partial charge is 0.332 e. The second-order valence-electron chi connectivity index (χ2n) is 6.24. The van der Waals surface area contributed by atoms with E-state index < -0.39 is 22.7 Å². The van der Waals surface area contributed by atoms with Gasteiger partial charge in [0.25, 0.3) is 5.91 Å². The first-order valence-electron chi connectivity index (χ1n) is 8.52. The normalized spacial score (nSPS) is 14.0. The predicted molar refractivity (Wildman–Crippen MR) is 103 cm³/mol. The Bertz CT molecular complexity index is 992. The molecule has 0 bridgehead atoms. The first-order chi connectivity index (χ1) is 13.7. The van der Waals surface area contributed by atoms with Crippen LogP contribution in [-0.4, -0.2) is 39.7 Å². The highest BCUT2D eigenvalue weighted by molar-refractivity contribution is 6.34. The lowest BCUT2D eigenvalue weighted by molar-refractivity contribution is -0.137. The first-order valence-corrected chi connectivity index (χ1v) is 8.89. The van der Waals surface area contributed by atoms with Gasteiger partial charge in [0.15, 0.2) is 5.82 Å². The van der Waals surface area contributed by atoms with Gasteiger partial charge in [0.1, 0.15) is 5.82 Å². The number of rotatable bonds is 4. The average Bonchev–Trinajstić information content (AvgIpc) is 2.66. The lowest BCUT2D eigenvalue weighted by Crippen LogP contribution is -2.37. The summed E-state index contributed by atoms with van der Waals surface area (Å²) in [4.78, 5) is 22.9. The minimum atomic E-state index is -4.65. The number of alkyl halides is 3. The molecular weight excluding hydrogens is 409 g/mol. The molecule has 0 unspecified atom stereocenters. The topological polar surface area (TPSA) is 94.3 Å². The number of nitrogens with one attached hydrogen (secondary N) is 2. The van der Waals surface area contributed by atoms with Crippen molar-refractivity contribution in [1.82, 2.24) is 14.9 Å². The van der Waals surface area contributed by atoms with Gasteiger partial charge in [-0.1, -0.05) is 17.7 Å². The summed E-state index contributed by atoms with van der Waals surface area (Å²) in [7, 11) is 0. The summed E-state index contributed by atoms with van der Waals surface area (Å²) < 4.78 is 39.3. The van der Waals surface area contributed by atoms with E-state index in [-0.39, 0.29) is 18.7 Å². The molecule has 1 aromatic heterocycles. The standard InChI is InChI=1S/C18H16ClF3N6O/c1-10-25-14-9-28(8-5-11(14)16(26-10)27-24-7-6-23)17(29)12-3-2-4-13(15(12)19)18(20,21)22/h2-4,6-7,23H,5,8-9H2,1H3,(H,25,26,27)/b23-6?,24-7-. The van der Waals surface area contributed by atoms with E-state index >= 15 is 0 Å². The van der Waals surface area contributed by atoms with E-state index in [2.05, 4.69) is 20.5 Å². The van der Waals surface area contributed by atoms with Crippen LogP contribution in [-0.2, 0) is 19.1 Å². The fraction of sp³-hybridized carbons (Fsp3) is 0.278. The van der Waals surface area contributed by atoms with E-state index in [4.69, 9.17) is 17.0 Å². The minimum absolute atomic E-state index is 0.104. The van der Waals surface area contributed by atoms with Crippen LogP contribution >= 0.6 is 11.6 Å². The number of halogens is 4. The molecule has 1 aliphatic rings. The molecule has 7 nitrogen and oxygen atoms in total. The molecular formula is C18H16ClF3N6O. The van der Waals surface area contributed by atoms with Crippen LogP contribution in [0.4, 0.5) is 19.0 Å². The van der Waals surface area contributed by atoms with Gasteiger partial charge in [-0.3, -0.25) is 10.2 Å². The molecule has 0 radical (unpaired) electrons. The summed E-state index contributed by atoms with van der Waals surface area (Å²) >= 11 is 5.89. The van der Waals surface area contributed by atoms with Gasteiger partial charge in [-0.15, -0.1) is 0 Å². The van der Waals surface area contributed by atoms with Gasteiger partial charge in [-0.25, -0.2) is 9.97 Å². The van der Waals surface area contributed by atoms with Crippen molar-refractivity contribution in [3.8, 4) is 0 Å². The van der Waals surface area contributed by atoms with Crippen molar-refractivity contribution in [2.24, 2.45) is 5.10 Å². The van der Waals surface area contributed by atoms with E-state index in [1.165, 1.54) is 17.2 Å². The highest BCUT2D eigenvalue weighted by atomic mass is 35.5. The number of aryl methyl sites for hydroxylation is 1. The van der Waals surface area contributed by atoms with E-state index in [9.17, 15) is 18.0 Å². The Balaban J connectivity index is 1.89. The molecule has 1 amide bonds. The van der Waals surface area contributed by atoms with Crippen molar-refractivity contribution < 1.29 is 18.0 Å². The number of hydrogen-bond donors (Lipinski definition) is 2. The van der Waals surface area contributed by atoms with Crippen LogP contribution < -0.4 is 5.43 Å². The molecule has 1 aromatic carbocycles. The maximum absolute atomic E-state index is 13.1. The zero-order valence-corrected chi connectivity index (χ0v) is 16.0. The highest BCUT2D eigenvalue weighted by Crippen LogP contribution is 2.37. The van der Waals surface area contributed by atoms with Crippen molar-refractivity contribution in [1.29, 1.82) is 5.41 Å². The lowest BCUT2D eigenvalue weighted by atomic mass is 10.0. The number of carbonyl (C=O) groups excluding carboxylic acids is 1. The van der Waals surface area contributed by atoms with Gasteiger partial charge in [0.2, 0.25) is 0 Å². The lowest BCUT2D eigenvalue weighted by Gasteiger charge is -2.29. The van der Waals surface area contributed by atoms with Crippen LogP contribution in [0.15, 0.2) is 23.3 Å². The average molecular weight is 425 g/mol. The number of benzene rings is 1. The molecule has 0 aliphatic carbocycles. The molecule has 11 heteroatoms. The SMILES string of the molecule is Cc1nc2c(c(N/N=C\C=N)n1)CCN(C(=O)c1cccc(C(F)(F)F)c1Cl)C2. The molecule has 0 saturated carbocycles. The number of amides is 1. The molecule has 1 aliphatic heterocycles. The molecule has 2 aromatic rings. The van der Waals surface area contributed by atoms with Gasteiger partial charge in [-0.05, 0) is 25.5 Å². The Morgan fingerprint density at radius 2 is 2.14 bits per heavy atom. The zero-order valence-electron chi connectivity index (χ0n) is 15.2. The van der Waals surface area contributed by atoms with Gasteiger partial charge in [-0.2, -0.15) is 18.3 Å². The molecule has 152 valence electrons. The largest absolute Gasteiger partial charge is 0.417 e. The molecule has 2 N–H and O–H groups in total. The van der Waals surface area contributed by atoms with Crippen LogP contribution in [0.2, 0.25) is 5.02 Å². The Morgan fingerprint density at radius 3 is 2.83 bits per heavy atom. The minimum Gasteiger partial charge on any atom is -0.332 e. The molecule has 0 atom stereocenters. The van der Waals surface area contributed by atoms with Crippen LogP contribution in [0.25, 0.3) is 0 Å². The number of hydrazone groups is 1. The summed E-state index contributed by atoms with van der Waals surface area (Å²) in [5, 5.41) is 10.2. The molecule has 29 heavy (non-hydrogen) atoms. The maximum atomic E-state index is 13.1. The van der Waals surface area contributed by atoms with Crippen molar-refractivity contribution in [3.05, 3.63) is 51.4 Å². The Hall–Kier alpha value is -3.01. The fourth-order valence-electron chi connectivity index (χ4n) is 3.04. The number of fused-ring (bicyclic) bond motifs is 1. The van der Waals surface area contributed by atoms with Crippen LogP contribution in [0.3, 0.4) is 0 Å². The summed E-state index contributed by atoms with van der Waals surface area (Å²) in [5.74, 6) is 0.317. The van der Waals surface area contributed by atoms with Gasteiger partial charge >= 0.3 is 6.18 Å². The molecule has 0 spiro atoms. The van der Waals surface area contributed by atoms with Gasteiger partial charge in [0.05, 0.1) is 34.6 Å². The summed E-state index contributed by atoms with van der Waals surface area (Å²) in [6.07, 6.45) is -2.00. The summed E-state index contributed by atoms with van der Waals surface area (Å²) in [6, 6.07) is 3.28. The summed E-state index contributed by atoms with van der Waals surface area (Å²) in [5.41, 5.74) is 2.83. The van der Waals surface area contributed by atoms with E-state index in [0.717, 1.165) is 23.9 Å². The number of carbonyl (C=O) groups is 1. The first kappa shape index (κ1) is 20.7. The number of nitrogens with zero attached hydrogens (tertiary/aromatic N) is 4. The Kier molecular flexibility index (Phi) is 5.83. The van der Waals surface area contributed by atoms with Gasteiger partial charge in [0, 0.05) is 18.3 Å². The number of anilines is 1. The Morgan fingerprint density at radius 1 is 1.38 bits per heavy atom. The second-order valence-corrected chi connectivity index (χ2v) is 6.62. The highest BCUT2D eigenvalue weighted by Gasteiger charge is 2.35. The van der Waals surface area contributed by atoms with Crippen molar-refractivity contribution in [2.75, 3.05) is 12.0 Å². The van der Waals surface area contributed by atoms with Crippen LogP contribution in [0.1, 0.15) is 33.0 Å². The second kappa shape index (κ2) is 8.16. The van der Waals surface area contributed by atoms with Crippen molar-refractivity contribution in [2.45, 2.75) is 26.1 Å². The van der Waals surface area contributed by atoms with Gasteiger partial charge < -0.3 is 10.3 Å². The van der Waals surface area contributed by atoms with Crippen molar-refractivity contribution in [3.63, 3.8) is 0 Å². The van der Waals surface area contributed by atoms with Crippen LogP contribution in [0, 0.1) is 12.3 Å². The molecule has 3 rings (SSSR count). The third-order valence-electron chi connectivity index (χ3n) is 4.32. The van der Waals surface area contributed by atoms with E-state index in [0.29, 0.717) is 23.8 Å². The van der Waals surface area contributed by atoms with Crippen molar-refractivity contribution >= 4 is 35.8 Å². The predicted octanol–water partition coefficient (Wildman–Crippen LogP) is 3.70. The number of aromatic nitrogens is 2. The zero-order chi connectivity index (χ0) is 21.2. The third kappa shape index (κ3) is 4.37. The maximum Gasteiger partial charge on any atom is 0.417 e. The molecule has 0 saturated heterocycles. The van der Waals surface area contributed by atoms with E-state index in [1.807, 2.05) is 0 Å². The third-order valence-corrected chi connectivity index (χ3v) is 4.73.